The highest BCUT2D eigenvalue weighted by molar-refractivity contribution is 7.20. The normalized spacial score (nSPS) is 11.4. The second kappa shape index (κ2) is 15.3. The Balaban J connectivity index is 1.12. The van der Waals surface area contributed by atoms with Crippen molar-refractivity contribution in [2.75, 3.05) is 0 Å². The first kappa shape index (κ1) is 35.0. The molecule has 0 aliphatic carbocycles. The van der Waals surface area contributed by atoms with Crippen LogP contribution in [-0.2, 0) is 0 Å². The van der Waals surface area contributed by atoms with Crippen LogP contribution in [0.3, 0.4) is 0 Å². The summed E-state index contributed by atoms with van der Waals surface area (Å²) < 4.78 is 15.0. The number of aromatic nitrogens is 1. The molecule has 0 saturated heterocycles. The molecule has 1 aromatic heterocycles. The van der Waals surface area contributed by atoms with E-state index in [0.29, 0.717) is 0 Å². The predicted octanol–water partition coefficient (Wildman–Crippen LogP) is 11.4. The van der Waals surface area contributed by atoms with Crippen molar-refractivity contribution in [3.05, 3.63) is 237 Å². The van der Waals surface area contributed by atoms with Crippen LogP contribution in [0, 0.1) is 0 Å². The van der Waals surface area contributed by atoms with Gasteiger partial charge in [0.15, 0.2) is 8.07 Å². The molecule has 0 aliphatic heterocycles. The minimum Gasteiger partial charge on any atom is -0.457 e. The Labute approximate surface area is 339 Å². The SMILES string of the molecule is c1ccc(Oc2ccc3c(c2)c2cc(Oc4ccccc4)ccc2n3-c2ccc(-c3ccccc3[Si](c3ccccc3)(c3ccccc3)c3ccccc3)cc2)cc1. The Morgan fingerprint density at radius 1 is 0.328 bits per heavy atom. The molecule has 0 aliphatic rings. The summed E-state index contributed by atoms with van der Waals surface area (Å²) in [5.74, 6) is 3.16. The number of benzene rings is 9. The summed E-state index contributed by atoms with van der Waals surface area (Å²) in [5, 5.41) is 7.59. The number of hydrogen-bond donors (Lipinski definition) is 0. The van der Waals surface area contributed by atoms with Crippen LogP contribution in [0.1, 0.15) is 0 Å². The van der Waals surface area contributed by atoms with Gasteiger partial charge < -0.3 is 14.0 Å². The van der Waals surface area contributed by atoms with Gasteiger partial charge >= 0.3 is 0 Å². The zero-order valence-electron chi connectivity index (χ0n) is 31.8. The molecule has 0 radical (unpaired) electrons. The lowest BCUT2D eigenvalue weighted by Gasteiger charge is -2.36. The molecule has 0 saturated carbocycles. The number of fused-ring (bicyclic) bond motifs is 3. The maximum atomic E-state index is 6.34. The highest BCUT2D eigenvalue weighted by atomic mass is 28.3. The number of nitrogens with zero attached hydrogens (tertiary/aromatic N) is 1. The quantitative estimate of drug-likeness (QED) is 0.102. The van der Waals surface area contributed by atoms with Crippen LogP contribution in [-0.4, -0.2) is 12.6 Å². The molecule has 276 valence electrons. The van der Waals surface area contributed by atoms with Gasteiger partial charge in [0.1, 0.15) is 23.0 Å². The summed E-state index contributed by atoms with van der Waals surface area (Å²) in [6, 6.07) is 84.0. The Morgan fingerprint density at radius 2 is 0.724 bits per heavy atom. The maximum absolute atomic E-state index is 6.34. The molecule has 0 amide bonds. The molecular weight excluding hydrogens is 723 g/mol. The standard InChI is InChI=1S/C54H39NO2Si/c1-6-18-42(19-7-1)56-44-34-36-52-50(38-44)51-39-45(57-43-20-8-2-9-21-43)35-37-53(51)55(52)41-32-30-40(31-33-41)49-28-16-17-29-54(49)58(46-22-10-3-11-23-46,47-24-12-4-13-25-47)48-26-14-5-15-27-48/h1-39H. The van der Waals surface area contributed by atoms with Crippen molar-refractivity contribution in [3.63, 3.8) is 0 Å². The molecule has 10 aromatic rings. The molecule has 10 rings (SSSR count). The lowest BCUT2D eigenvalue weighted by atomic mass is 10.1. The number of ether oxygens (including phenoxy) is 2. The van der Waals surface area contributed by atoms with Crippen molar-refractivity contribution in [3.8, 4) is 39.8 Å². The van der Waals surface area contributed by atoms with Crippen LogP contribution in [0.5, 0.6) is 23.0 Å². The van der Waals surface area contributed by atoms with Gasteiger partial charge in [-0.15, -0.1) is 0 Å². The van der Waals surface area contributed by atoms with Crippen LogP contribution < -0.4 is 30.2 Å². The summed E-state index contributed by atoms with van der Waals surface area (Å²) in [6.07, 6.45) is 0. The summed E-state index contributed by atoms with van der Waals surface area (Å²) in [5.41, 5.74) is 5.67. The molecule has 9 aromatic carbocycles. The first-order valence-corrected chi connectivity index (χ1v) is 21.7. The molecule has 0 fully saturated rings. The van der Waals surface area contributed by atoms with E-state index in [1.54, 1.807) is 0 Å². The lowest BCUT2D eigenvalue weighted by Crippen LogP contribution is -2.75. The largest absolute Gasteiger partial charge is 0.457 e. The highest BCUT2D eigenvalue weighted by Gasteiger charge is 2.42. The van der Waals surface area contributed by atoms with Crippen LogP contribution in [0.15, 0.2) is 237 Å². The third-order valence-corrected chi connectivity index (χ3v) is 15.9. The van der Waals surface area contributed by atoms with Crippen LogP contribution in [0.4, 0.5) is 0 Å². The van der Waals surface area contributed by atoms with Crippen molar-refractivity contribution >= 4 is 50.6 Å². The monoisotopic (exact) mass is 761 g/mol. The number of rotatable bonds is 10. The third-order valence-electron chi connectivity index (χ3n) is 11.1. The number of para-hydroxylation sites is 2. The van der Waals surface area contributed by atoms with E-state index in [2.05, 4.69) is 180 Å². The molecule has 0 atom stereocenters. The molecule has 0 N–H and O–H groups in total. The molecule has 0 unspecified atom stereocenters. The van der Waals surface area contributed by atoms with Crippen molar-refractivity contribution < 1.29 is 9.47 Å². The Bertz CT molecular complexity index is 2770. The maximum Gasteiger partial charge on any atom is 0.180 e. The van der Waals surface area contributed by atoms with Gasteiger partial charge in [0, 0.05) is 16.5 Å². The van der Waals surface area contributed by atoms with Gasteiger partial charge in [-0.3, -0.25) is 0 Å². The first-order valence-electron chi connectivity index (χ1n) is 19.7. The van der Waals surface area contributed by atoms with Crippen molar-refractivity contribution in [1.82, 2.24) is 4.57 Å². The van der Waals surface area contributed by atoms with Gasteiger partial charge in [-0.1, -0.05) is 164 Å². The fraction of sp³-hybridized carbons (Fsp3) is 0. The van der Waals surface area contributed by atoms with E-state index in [4.69, 9.17) is 9.47 Å². The van der Waals surface area contributed by atoms with Crippen molar-refractivity contribution in [1.29, 1.82) is 0 Å². The molecule has 4 heteroatoms. The van der Waals surface area contributed by atoms with Gasteiger partial charge in [0.2, 0.25) is 0 Å². The van der Waals surface area contributed by atoms with Crippen molar-refractivity contribution in [2.45, 2.75) is 0 Å². The van der Waals surface area contributed by atoms with E-state index in [1.807, 2.05) is 60.7 Å². The van der Waals surface area contributed by atoms with Crippen LogP contribution in [0.2, 0.25) is 0 Å². The van der Waals surface area contributed by atoms with Gasteiger partial charge in [0.05, 0.1) is 11.0 Å². The van der Waals surface area contributed by atoms with Crippen LogP contribution in [0.25, 0.3) is 38.6 Å². The van der Waals surface area contributed by atoms with E-state index < -0.39 is 8.07 Å². The topological polar surface area (TPSA) is 23.4 Å². The Hall–Kier alpha value is -7.40. The fourth-order valence-corrected chi connectivity index (χ4v) is 13.5. The summed E-state index contributed by atoms with van der Waals surface area (Å²) in [6.45, 7) is 0. The van der Waals surface area contributed by atoms with Crippen molar-refractivity contribution in [2.24, 2.45) is 0 Å². The first-order chi connectivity index (χ1) is 28.8. The minimum absolute atomic E-state index is 0.780. The Morgan fingerprint density at radius 3 is 1.17 bits per heavy atom. The molecular formula is C54H39NO2Si. The second-order valence-electron chi connectivity index (χ2n) is 14.5. The molecule has 1 heterocycles. The summed E-state index contributed by atoms with van der Waals surface area (Å²) in [4.78, 5) is 0. The second-order valence-corrected chi connectivity index (χ2v) is 18.2. The average Bonchev–Trinajstić information content (AvgIpc) is 3.61. The molecule has 58 heavy (non-hydrogen) atoms. The van der Waals surface area contributed by atoms with E-state index in [1.165, 1.54) is 31.9 Å². The zero-order valence-corrected chi connectivity index (χ0v) is 32.8. The summed E-state index contributed by atoms with van der Waals surface area (Å²) in [7, 11) is -2.76. The third kappa shape index (κ3) is 6.36. The predicted molar refractivity (Wildman–Crippen MR) is 243 cm³/mol. The van der Waals surface area contributed by atoms with Gasteiger partial charge in [-0.25, -0.2) is 0 Å². The number of hydrogen-bond acceptors (Lipinski definition) is 2. The van der Waals surface area contributed by atoms with E-state index in [9.17, 15) is 0 Å². The Kier molecular flexibility index (Phi) is 9.22. The van der Waals surface area contributed by atoms with E-state index in [-0.39, 0.29) is 0 Å². The zero-order chi connectivity index (χ0) is 38.7. The lowest BCUT2D eigenvalue weighted by molar-refractivity contribution is 0.483. The minimum atomic E-state index is -2.76. The molecule has 3 nitrogen and oxygen atoms in total. The summed E-state index contributed by atoms with van der Waals surface area (Å²) >= 11 is 0. The van der Waals surface area contributed by atoms with Gasteiger partial charge in [-0.2, -0.15) is 0 Å². The van der Waals surface area contributed by atoms with Crippen LogP contribution >= 0.6 is 0 Å². The van der Waals surface area contributed by atoms with E-state index in [0.717, 1.165) is 50.5 Å². The molecule has 0 bridgehead atoms. The average molecular weight is 762 g/mol. The highest BCUT2D eigenvalue weighted by Crippen LogP contribution is 2.38. The van der Waals surface area contributed by atoms with Gasteiger partial charge in [-0.05, 0) is 105 Å². The van der Waals surface area contributed by atoms with Gasteiger partial charge in [0.25, 0.3) is 0 Å². The van der Waals surface area contributed by atoms with E-state index >= 15 is 0 Å². The fourth-order valence-electron chi connectivity index (χ4n) is 8.52. The molecule has 0 spiro atoms. The smallest absolute Gasteiger partial charge is 0.180 e.